The summed E-state index contributed by atoms with van der Waals surface area (Å²) < 4.78 is 5.06. The van der Waals surface area contributed by atoms with E-state index in [0.29, 0.717) is 12.3 Å². The molecule has 16 heavy (non-hydrogen) atoms. The smallest absolute Gasteiger partial charge is 0.338 e. The first-order valence-electron chi connectivity index (χ1n) is 4.55. The molecule has 6 nitrogen and oxygen atoms in total. The maximum atomic E-state index is 10.6. The molecule has 0 spiro atoms. The van der Waals surface area contributed by atoms with Gasteiger partial charge in [0, 0.05) is 0 Å². The number of rotatable bonds is 4. The van der Waals surface area contributed by atoms with Crippen LogP contribution < -0.4 is 5.32 Å². The van der Waals surface area contributed by atoms with E-state index in [1.807, 2.05) is 0 Å². The summed E-state index contributed by atoms with van der Waals surface area (Å²) in [7, 11) is 0. The highest BCUT2D eigenvalue weighted by Crippen LogP contribution is 2.10. The number of carboxylic acids is 1. The molecule has 0 saturated heterocycles. The van der Waals surface area contributed by atoms with Gasteiger partial charge in [-0.2, -0.15) is 0 Å². The van der Waals surface area contributed by atoms with E-state index >= 15 is 0 Å². The van der Waals surface area contributed by atoms with Crippen LogP contribution in [0.15, 0.2) is 35.5 Å². The summed E-state index contributed by atoms with van der Waals surface area (Å²) in [5.74, 6) is -0.459. The van der Waals surface area contributed by atoms with Crippen molar-refractivity contribution in [2.24, 2.45) is 0 Å². The Morgan fingerprint density at radius 3 is 2.81 bits per heavy atom. The fourth-order valence-corrected chi connectivity index (χ4v) is 1.17. The van der Waals surface area contributed by atoms with Crippen molar-refractivity contribution in [3.63, 3.8) is 0 Å². The Hall–Kier alpha value is -2.37. The first-order valence-corrected chi connectivity index (χ1v) is 4.55. The second-order valence-electron chi connectivity index (χ2n) is 3.09. The van der Waals surface area contributed by atoms with Crippen LogP contribution >= 0.6 is 0 Å². The minimum absolute atomic E-state index is 0.140. The van der Waals surface area contributed by atoms with Gasteiger partial charge in [-0.25, -0.2) is 14.8 Å². The van der Waals surface area contributed by atoms with Gasteiger partial charge in [-0.1, -0.05) is 0 Å². The summed E-state index contributed by atoms with van der Waals surface area (Å²) >= 11 is 0. The molecule has 0 saturated carbocycles. The molecule has 0 aliphatic carbocycles. The van der Waals surface area contributed by atoms with Crippen LogP contribution in [0.5, 0.6) is 0 Å². The molecule has 0 aliphatic rings. The molecule has 0 atom stereocenters. The van der Waals surface area contributed by atoms with E-state index in [4.69, 9.17) is 9.52 Å². The fourth-order valence-electron chi connectivity index (χ4n) is 1.17. The zero-order valence-corrected chi connectivity index (χ0v) is 8.25. The van der Waals surface area contributed by atoms with Gasteiger partial charge in [0.1, 0.15) is 18.4 Å². The van der Waals surface area contributed by atoms with Crippen molar-refractivity contribution < 1.29 is 14.3 Å². The molecule has 2 aromatic rings. The van der Waals surface area contributed by atoms with Crippen LogP contribution in [0.3, 0.4) is 0 Å². The molecule has 2 rings (SSSR count). The first-order chi connectivity index (χ1) is 7.75. The van der Waals surface area contributed by atoms with Gasteiger partial charge in [0.15, 0.2) is 0 Å². The lowest BCUT2D eigenvalue weighted by Crippen LogP contribution is -1.99. The standard InChI is InChI=1S/C10H9N3O3/c14-10(15)7-1-9(16-5-7)4-13-8-2-11-6-12-3-8/h1-3,5-6,13H,4H2,(H,14,15). The minimum atomic E-state index is -1.00. The average Bonchev–Trinajstić information content (AvgIpc) is 2.76. The third kappa shape index (κ3) is 2.35. The van der Waals surface area contributed by atoms with Crippen molar-refractivity contribution in [1.29, 1.82) is 0 Å². The molecule has 82 valence electrons. The molecule has 0 bridgehead atoms. The van der Waals surface area contributed by atoms with Gasteiger partial charge >= 0.3 is 5.97 Å². The molecule has 0 radical (unpaired) electrons. The van der Waals surface area contributed by atoms with Crippen molar-refractivity contribution in [2.45, 2.75) is 6.54 Å². The zero-order valence-electron chi connectivity index (χ0n) is 8.25. The molecule has 2 aromatic heterocycles. The number of furan rings is 1. The molecule has 2 heterocycles. The topological polar surface area (TPSA) is 88.2 Å². The van der Waals surface area contributed by atoms with E-state index in [1.165, 1.54) is 18.7 Å². The normalized spacial score (nSPS) is 10.0. The quantitative estimate of drug-likeness (QED) is 0.807. The van der Waals surface area contributed by atoms with E-state index < -0.39 is 5.97 Å². The van der Waals surface area contributed by atoms with Crippen molar-refractivity contribution in [1.82, 2.24) is 9.97 Å². The average molecular weight is 219 g/mol. The van der Waals surface area contributed by atoms with Crippen LogP contribution in [0.4, 0.5) is 5.69 Å². The highest BCUT2D eigenvalue weighted by atomic mass is 16.4. The number of hydrogen-bond donors (Lipinski definition) is 2. The minimum Gasteiger partial charge on any atom is -0.478 e. The Kier molecular flexibility index (Phi) is 2.81. The van der Waals surface area contributed by atoms with Gasteiger partial charge in [0.2, 0.25) is 0 Å². The molecule has 0 unspecified atom stereocenters. The van der Waals surface area contributed by atoms with E-state index in [-0.39, 0.29) is 5.56 Å². The summed E-state index contributed by atoms with van der Waals surface area (Å²) in [6.45, 7) is 0.390. The predicted octanol–water partition coefficient (Wildman–Crippen LogP) is 1.38. The molecular weight excluding hydrogens is 210 g/mol. The van der Waals surface area contributed by atoms with Crippen molar-refractivity contribution in [2.75, 3.05) is 5.32 Å². The summed E-state index contributed by atoms with van der Waals surface area (Å²) in [6, 6.07) is 1.47. The highest BCUT2D eigenvalue weighted by Gasteiger charge is 2.07. The first kappa shape index (κ1) is 10.2. The molecule has 6 heteroatoms. The fraction of sp³-hybridized carbons (Fsp3) is 0.100. The van der Waals surface area contributed by atoms with Crippen LogP contribution in [0.1, 0.15) is 16.1 Å². The van der Waals surface area contributed by atoms with Crippen LogP contribution in [0, 0.1) is 0 Å². The summed E-state index contributed by atoms with van der Waals surface area (Å²) in [5, 5.41) is 11.7. The van der Waals surface area contributed by atoms with Crippen LogP contribution in [0.25, 0.3) is 0 Å². The third-order valence-electron chi connectivity index (χ3n) is 1.93. The number of carboxylic acid groups (broad SMARTS) is 1. The van der Waals surface area contributed by atoms with Gasteiger partial charge in [-0.05, 0) is 6.07 Å². The van der Waals surface area contributed by atoms with Crippen LogP contribution in [-0.4, -0.2) is 21.0 Å². The van der Waals surface area contributed by atoms with Gasteiger partial charge in [-0.3, -0.25) is 0 Å². The van der Waals surface area contributed by atoms with E-state index in [9.17, 15) is 4.79 Å². The number of carbonyl (C=O) groups is 1. The SMILES string of the molecule is O=C(O)c1coc(CNc2cncnc2)c1. The summed E-state index contributed by atoms with van der Waals surface area (Å²) in [6.07, 6.45) is 5.88. The van der Waals surface area contributed by atoms with E-state index in [0.717, 1.165) is 5.69 Å². The van der Waals surface area contributed by atoms with Gasteiger partial charge in [0.05, 0.1) is 30.2 Å². The molecular formula is C10H9N3O3. The number of nitrogens with one attached hydrogen (secondary N) is 1. The Balaban J connectivity index is 1.97. The number of hydrogen-bond acceptors (Lipinski definition) is 5. The third-order valence-corrected chi connectivity index (χ3v) is 1.93. The number of aromatic nitrogens is 2. The Morgan fingerprint density at radius 2 is 2.19 bits per heavy atom. The lowest BCUT2D eigenvalue weighted by Gasteiger charge is -2.01. The lowest BCUT2D eigenvalue weighted by atomic mass is 10.3. The van der Waals surface area contributed by atoms with Crippen molar-refractivity contribution in [3.05, 3.63) is 42.4 Å². The van der Waals surface area contributed by atoms with Crippen molar-refractivity contribution in [3.8, 4) is 0 Å². The Morgan fingerprint density at radius 1 is 1.44 bits per heavy atom. The predicted molar refractivity (Wildman–Crippen MR) is 55.0 cm³/mol. The number of nitrogens with zero attached hydrogens (tertiary/aromatic N) is 2. The maximum absolute atomic E-state index is 10.6. The van der Waals surface area contributed by atoms with Gasteiger partial charge < -0.3 is 14.8 Å². The molecule has 0 aliphatic heterocycles. The molecule has 0 aromatic carbocycles. The van der Waals surface area contributed by atoms with Gasteiger partial charge in [0.25, 0.3) is 0 Å². The van der Waals surface area contributed by atoms with Crippen LogP contribution in [-0.2, 0) is 6.54 Å². The molecule has 0 fully saturated rings. The summed E-state index contributed by atoms with van der Waals surface area (Å²) in [5.41, 5.74) is 0.886. The lowest BCUT2D eigenvalue weighted by molar-refractivity contribution is 0.0696. The number of aromatic carboxylic acids is 1. The second-order valence-corrected chi connectivity index (χ2v) is 3.09. The van der Waals surface area contributed by atoms with Crippen LogP contribution in [0.2, 0.25) is 0 Å². The molecule has 0 amide bonds. The van der Waals surface area contributed by atoms with E-state index in [2.05, 4.69) is 15.3 Å². The molecule has 2 N–H and O–H groups in total. The highest BCUT2D eigenvalue weighted by molar-refractivity contribution is 5.87. The largest absolute Gasteiger partial charge is 0.478 e. The van der Waals surface area contributed by atoms with E-state index in [1.54, 1.807) is 12.4 Å². The second kappa shape index (κ2) is 4.43. The van der Waals surface area contributed by atoms with Crippen molar-refractivity contribution >= 4 is 11.7 Å². The van der Waals surface area contributed by atoms with Gasteiger partial charge in [-0.15, -0.1) is 0 Å². The Bertz CT molecular complexity index is 481. The Labute approximate surface area is 91.0 Å². The number of anilines is 1. The zero-order chi connectivity index (χ0) is 11.4. The monoisotopic (exact) mass is 219 g/mol. The maximum Gasteiger partial charge on any atom is 0.338 e. The summed E-state index contributed by atoms with van der Waals surface area (Å²) in [4.78, 5) is 18.3.